The number of hydrogen-bond acceptors (Lipinski definition) is 3. The lowest BCUT2D eigenvalue weighted by molar-refractivity contribution is -0.129. The van der Waals surface area contributed by atoms with E-state index in [0.717, 1.165) is 12.2 Å². The number of rotatable bonds is 6. The summed E-state index contributed by atoms with van der Waals surface area (Å²) in [7, 11) is 1.78. The van der Waals surface area contributed by atoms with Crippen LogP contribution in [0.3, 0.4) is 0 Å². The van der Waals surface area contributed by atoms with E-state index in [0.29, 0.717) is 19.1 Å². The first-order valence-corrected chi connectivity index (χ1v) is 5.63. The van der Waals surface area contributed by atoms with Crippen LogP contribution in [0.1, 0.15) is 26.0 Å². The van der Waals surface area contributed by atoms with Crippen molar-refractivity contribution in [3.8, 4) is 0 Å². The molecular weight excluding hydrogens is 204 g/mol. The molecule has 16 heavy (non-hydrogen) atoms. The minimum absolute atomic E-state index is 0.0803. The third-order valence-corrected chi connectivity index (χ3v) is 2.61. The van der Waals surface area contributed by atoms with Crippen LogP contribution >= 0.6 is 0 Å². The second kappa shape index (κ2) is 6.33. The quantitative estimate of drug-likeness (QED) is 0.798. The van der Waals surface area contributed by atoms with Gasteiger partial charge >= 0.3 is 0 Å². The van der Waals surface area contributed by atoms with E-state index in [2.05, 4.69) is 19.2 Å². The molecule has 1 amide bonds. The average Bonchev–Trinajstić information content (AvgIpc) is 2.77. The molecule has 1 unspecified atom stereocenters. The minimum atomic E-state index is 0.0803. The third kappa shape index (κ3) is 4.06. The van der Waals surface area contributed by atoms with Gasteiger partial charge in [-0.2, -0.15) is 0 Å². The number of carbonyl (C=O) groups is 1. The van der Waals surface area contributed by atoms with Crippen LogP contribution in [0.5, 0.6) is 0 Å². The maximum atomic E-state index is 11.7. The smallest absolute Gasteiger partial charge is 0.236 e. The molecule has 1 aromatic rings. The standard InChI is InChI=1S/C12H20N2O2/c1-4-10(2)13-8-12(15)14(3)9-11-6-5-7-16-11/h5-7,10,13H,4,8-9H2,1-3H3. The van der Waals surface area contributed by atoms with Crippen LogP contribution in [-0.2, 0) is 11.3 Å². The van der Waals surface area contributed by atoms with Gasteiger partial charge in [0.15, 0.2) is 0 Å². The number of amides is 1. The van der Waals surface area contributed by atoms with Crippen molar-refractivity contribution in [1.29, 1.82) is 0 Å². The fraction of sp³-hybridized carbons (Fsp3) is 0.583. The van der Waals surface area contributed by atoms with E-state index in [1.807, 2.05) is 12.1 Å². The third-order valence-electron chi connectivity index (χ3n) is 2.61. The first-order valence-electron chi connectivity index (χ1n) is 5.63. The summed E-state index contributed by atoms with van der Waals surface area (Å²) >= 11 is 0. The van der Waals surface area contributed by atoms with E-state index in [9.17, 15) is 4.79 Å². The zero-order chi connectivity index (χ0) is 12.0. The van der Waals surface area contributed by atoms with Crippen molar-refractivity contribution in [3.05, 3.63) is 24.2 Å². The maximum absolute atomic E-state index is 11.7. The average molecular weight is 224 g/mol. The molecule has 0 saturated heterocycles. The van der Waals surface area contributed by atoms with Gasteiger partial charge < -0.3 is 14.6 Å². The van der Waals surface area contributed by atoms with Gasteiger partial charge in [0.25, 0.3) is 0 Å². The van der Waals surface area contributed by atoms with E-state index < -0.39 is 0 Å². The molecular formula is C12H20N2O2. The highest BCUT2D eigenvalue weighted by molar-refractivity contribution is 5.77. The van der Waals surface area contributed by atoms with E-state index >= 15 is 0 Å². The molecule has 0 radical (unpaired) electrons. The number of furan rings is 1. The van der Waals surface area contributed by atoms with Crippen LogP contribution < -0.4 is 5.32 Å². The van der Waals surface area contributed by atoms with E-state index in [1.165, 1.54) is 0 Å². The number of carbonyl (C=O) groups excluding carboxylic acids is 1. The van der Waals surface area contributed by atoms with Crippen molar-refractivity contribution in [2.45, 2.75) is 32.9 Å². The van der Waals surface area contributed by atoms with Crippen LogP contribution in [0.4, 0.5) is 0 Å². The van der Waals surface area contributed by atoms with Crippen molar-refractivity contribution in [2.75, 3.05) is 13.6 Å². The van der Waals surface area contributed by atoms with Gasteiger partial charge in [-0.05, 0) is 25.5 Å². The van der Waals surface area contributed by atoms with Crippen LogP contribution in [0, 0.1) is 0 Å². The van der Waals surface area contributed by atoms with E-state index in [1.54, 1.807) is 18.2 Å². The Bertz CT molecular complexity index is 309. The molecule has 1 N–H and O–H groups in total. The molecule has 1 heterocycles. The van der Waals surface area contributed by atoms with Gasteiger partial charge in [-0.25, -0.2) is 0 Å². The van der Waals surface area contributed by atoms with Gasteiger partial charge in [0.05, 0.1) is 19.4 Å². The van der Waals surface area contributed by atoms with Crippen LogP contribution in [0.2, 0.25) is 0 Å². The van der Waals surface area contributed by atoms with Crippen LogP contribution in [-0.4, -0.2) is 30.4 Å². The minimum Gasteiger partial charge on any atom is -0.467 e. The molecule has 90 valence electrons. The zero-order valence-electron chi connectivity index (χ0n) is 10.2. The Morgan fingerprint density at radius 1 is 1.62 bits per heavy atom. The molecule has 1 rings (SSSR count). The first-order chi connectivity index (χ1) is 7.63. The Morgan fingerprint density at radius 2 is 2.38 bits per heavy atom. The Labute approximate surface area is 96.6 Å². The van der Waals surface area contributed by atoms with Gasteiger partial charge in [-0.1, -0.05) is 6.92 Å². The highest BCUT2D eigenvalue weighted by Gasteiger charge is 2.10. The van der Waals surface area contributed by atoms with Gasteiger partial charge in [-0.3, -0.25) is 4.79 Å². The van der Waals surface area contributed by atoms with E-state index in [4.69, 9.17) is 4.42 Å². The summed E-state index contributed by atoms with van der Waals surface area (Å²) < 4.78 is 5.19. The van der Waals surface area contributed by atoms with Crippen molar-refractivity contribution in [3.63, 3.8) is 0 Å². The summed E-state index contributed by atoms with van der Waals surface area (Å²) in [5, 5.41) is 3.17. The van der Waals surface area contributed by atoms with Crippen LogP contribution in [0.25, 0.3) is 0 Å². The molecule has 0 bridgehead atoms. The zero-order valence-corrected chi connectivity index (χ0v) is 10.2. The lowest BCUT2D eigenvalue weighted by atomic mass is 10.2. The van der Waals surface area contributed by atoms with Crippen LogP contribution in [0.15, 0.2) is 22.8 Å². The molecule has 0 aromatic carbocycles. The van der Waals surface area contributed by atoms with Crippen molar-refractivity contribution < 1.29 is 9.21 Å². The maximum Gasteiger partial charge on any atom is 0.236 e. The lowest BCUT2D eigenvalue weighted by Gasteiger charge is -2.17. The SMILES string of the molecule is CCC(C)NCC(=O)N(C)Cc1ccco1. The predicted octanol–water partition coefficient (Wildman–Crippen LogP) is 1.63. The Balaban J connectivity index is 2.31. The molecule has 0 saturated carbocycles. The summed E-state index contributed by atoms with van der Waals surface area (Å²) in [5.41, 5.74) is 0. The Morgan fingerprint density at radius 3 is 2.94 bits per heavy atom. The number of likely N-dealkylation sites (N-methyl/N-ethyl adjacent to an activating group) is 1. The topological polar surface area (TPSA) is 45.5 Å². The monoisotopic (exact) mass is 224 g/mol. The Hall–Kier alpha value is -1.29. The summed E-state index contributed by atoms with van der Waals surface area (Å²) in [4.78, 5) is 13.4. The van der Waals surface area contributed by atoms with E-state index in [-0.39, 0.29) is 5.91 Å². The summed E-state index contributed by atoms with van der Waals surface area (Å²) in [6, 6.07) is 4.07. The number of nitrogens with one attached hydrogen (secondary N) is 1. The highest BCUT2D eigenvalue weighted by atomic mass is 16.3. The molecule has 1 aromatic heterocycles. The molecule has 0 aliphatic carbocycles. The summed E-state index contributed by atoms with van der Waals surface area (Å²) in [6.07, 6.45) is 2.64. The van der Waals surface area contributed by atoms with Gasteiger partial charge in [0.2, 0.25) is 5.91 Å². The van der Waals surface area contributed by atoms with Gasteiger partial charge in [0.1, 0.15) is 5.76 Å². The Kier molecular flexibility index (Phi) is 5.05. The predicted molar refractivity (Wildman–Crippen MR) is 62.9 cm³/mol. The molecule has 4 nitrogen and oxygen atoms in total. The molecule has 0 fully saturated rings. The first kappa shape index (κ1) is 12.8. The largest absolute Gasteiger partial charge is 0.467 e. The summed E-state index contributed by atoms with van der Waals surface area (Å²) in [6.45, 7) is 5.06. The molecule has 0 aliphatic rings. The second-order valence-electron chi connectivity index (χ2n) is 4.02. The van der Waals surface area contributed by atoms with Gasteiger partial charge in [0, 0.05) is 13.1 Å². The summed E-state index contributed by atoms with van der Waals surface area (Å²) in [5.74, 6) is 0.885. The van der Waals surface area contributed by atoms with Gasteiger partial charge in [-0.15, -0.1) is 0 Å². The normalized spacial score (nSPS) is 12.4. The van der Waals surface area contributed by atoms with Crippen molar-refractivity contribution >= 4 is 5.91 Å². The van der Waals surface area contributed by atoms with Crippen molar-refractivity contribution in [2.24, 2.45) is 0 Å². The highest BCUT2D eigenvalue weighted by Crippen LogP contribution is 2.03. The fourth-order valence-electron chi connectivity index (χ4n) is 1.27. The molecule has 1 atom stereocenters. The molecule has 4 heteroatoms. The number of hydrogen-bond donors (Lipinski definition) is 1. The van der Waals surface area contributed by atoms with Crippen molar-refractivity contribution in [1.82, 2.24) is 10.2 Å². The molecule has 0 aliphatic heterocycles. The second-order valence-corrected chi connectivity index (χ2v) is 4.02. The fourth-order valence-corrected chi connectivity index (χ4v) is 1.27. The molecule has 0 spiro atoms. The lowest BCUT2D eigenvalue weighted by Crippen LogP contribution is -2.38. The number of nitrogens with zero attached hydrogens (tertiary/aromatic N) is 1.